The van der Waals surface area contributed by atoms with Crippen molar-refractivity contribution in [2.45, 2.75) is 117 Å². The number of amides is 1. The zero-order chi connectivity index (χ0) is 61.0. The average molecular weight is 1160 g/mol. The summed E-state index contributed by atoms with van der Waals surface area (Å²) in [7, 11) is 2.98. The number of aliphatic hydroxyl groups is 2. The zero-order valence-corrected chi connectivity index (χ0v) is 49.0. The van der Waals surface area contributed by atoms with Crippen molar-refractivity contribution in [3.05, 3.63) is 93.0 Å². The summed E-state index contributed by atoms with van der Waals surface area (Å²) in [6.07, 6.45) is 10.2. The van der Waals surface area contributed by atoms with E-state index in [4.69, 9.17) is 28.8 Å². The van der Waals surface area contributed by atoms with E-state index in [0.717, 1.165) is 24.9 Å². The van der Waals surface area contributed by atoms with Crippen LogP contribution in [0.15, 0.2) is 64.9 Å². The molecule has 0 radical (unpaired) electrons. The minimum Gasteiger partial charge on any atom is -0.507 e. The molecule has 1 aromatic heterocycles. The number of anilines is 2. The molecule has 1 amide bonds. The van der Waals surface area contributed by atoms with Crippen molar-refractivity contribution in [2.75, 3.05) is 63.7 Å². The predicted octanol–water partition coefficient (Wildman–Crippen LogP) is 6.98. The predicted molar refractivity (Wildman–Crippen MR) is 315 cm³/mol. The van der Waals surface area contributed by atoms with E-state index in [-0.39, 0.29) is 67.5 Å². The highest BCUT2D eigenvalue weighted by Gasteiger charge is 2.50. The number of carboxylic acid groups (broad SMARTS) is 1. The van der Waals surface area contributed by atoms with Crippen LogP contribution in [0.25, 0.3) is 27.8 Å². The first-order valence-corrected chi connectivity index (χ1v) is 28.4. The minimum atomic E-state index is -2.11. The van der Waals surface area contributed by atoms with Gasteiger partial charge in [0, 0.05) is 124 Å². The number of hydrogen-bond acceptors (Lipinski definition) is 19. The van der Waals surface area contributed by atoms with Gasteiger partial charge in [0.2, 0.25) is 5.43 Å². The van der Waals surface area contributed by atoms with Crippen molar-refractivity contribution in [2.24, 2.45) is 28.8 Å². The van der Waals surface area contributed by atoms with Gasteiger partial charge in [-0.25, -0.2) is 4.79 Å². The number of carbonyl (C=O) groups excluding carboxylic acids is 3. The number of rotatable bonds is 10. The second-order valence-electron chi connectivity index (χ2n) is 23.0. The molecule has 10 atom stereocenters. The fourth-order valence-corrected chi connectivity index (χ4v) is 12.4. The Morgan fingerprint density at radius 1 is 0.893 bits per heavy atom. The molecule has 10 rings (SSSR count). The molecule has 22 heteroatoms. The minimum absolute atomic E-state index is 0.0180. The fourth-order valence-electron chi connectivity index (χ4n) is 12.4. The normalized spacial score (nSPS) is 28.7. The number of hydrazone groups is 1. The Kier molecular flexibility index (Phi) is 17.3. The molecule has 7 N–H and O–H groups in total. The molecule has 450 valence electrons. The summed E-state index contributed by atoms with van der Waals surface area (Å²) in [6, 6.07) is 1.84. The highest BCUT2D eigenvalue weighted by molar-refractivity contribution is 6.24. The van der Waals surface area contributed by atoms with E-state index in [1.165, 1.54) is 65.6 Å². The molecule has 0 spiro atoms. The van der Waals surface area contributed by atoms with Gasteiger partial charge >= 0.3 is 17.7 Å². The second-order valence-corrected chi connectivity index (χ2v) is 23.0. The Labute approximate surface area is 486 Å². The molecular weight excluding hydrogens is 1080 g/mol. The lowest BCUT2D eigenvalue weighted by Gasteiger charge is -2.38. The lowest BCUT2D eigenvalue weighted by atomic mass is 9.78. The van der Waals surface area contributed by atoms with E-state index in [0.29, 0.717) is 56.1 Å². The maximum Gasteiger partial charge on any atom is 0.341 e. The van der Waals surface area contributed by atoms with Crippen molar-refractivity contribution in [3.8, 4) is 28.7 Å². The number of carbonyl (C=O) groups is 4. The third-order valence-corrected chi connectivity index (χ3v) is 17.5. The standard InChI is InChI=1S/C62H76N6O16/c1-12-37-26-40-49(68(38-16-17-38)29-42(53(40)73)61(78)79)58(81-11)48(37)66-20-18-39(28-66)65-21-23-67(24-22-65)63-27-41-47-55(75)45-44(54(41)74)46-57(35(7)52(45)72)84-62(9,59(46)76)82-25-19-43(80-10)32(4)56(83-36(8)69)34(6)51(71)33(5)50(70)30(2)14-13-15-31(3)60(77)64-47/h12-15,19,25-27,29-30,32-34,38-39,43,50-51,56,70-72,74-75H,1,16-18,20-24,28H2,2-11H3,(H,64,77)(H,78,79)/b14-13+,25-19+,31-15-,63-27+/t30-,32+,33+,34+,39?,43-,50-,51+,56+,62-/m0/s1. The number of phenols is 3. The monoisotopic (exact) mass is 1160 g/mol. The Bertz CT molecular complexity index is 3500. The van der Waals surface area contributed by atoms with E-state index in [1.54, 1.807) is 64.1 Å². The number of pyridine rings is 1. The van der Waals surface area contributed by atoms with Gasteiger partial charge in [-0.05, 0) is 45.3 Å². The number of ether oxygens (including phenoxy) is 5. The Morgan fingerprint density at radius 3 is 2.23 bits per heavy atom. The molecule has 5 bridgehead atoms. The number of benzene rings is 3. The number of allylic oxidation sites excluding steroid dienone is 2. The highest BCUT2D eigenvalue weighted by atomic mass is 16.7. The number of piperazine rings is 1. The summed E-state index contributed by atoms with van der Waals surface area (Å²) in [5.74, 6) is -9.69. The molecule has 5 aliphatic heterocycles. The van der Waals surface area contributed by atoms with Gasteiger partial charge in [-0.1, -0.05) is 58.6 Å². The number of nitrogens with one attached hydrogen (secondary N) is 1. The van der Waals surface area contributed by atoms with E-state index in [2.05, 4.69) is 21.7 Å². The molecular formula is C62H76N6O16. The SMILES string of the molecule is C=Cc1cc2c(=O)c(C(=O)O)cn(C3CC3)c2c(OC)c1N1CCC(N2CCN(/N=C/c3c4c(O)c5c(O)c(C)c6c(c5c3O)C(=O)[C@@](C)(O/C=C/[C@H](OC)[C@@H](C)[C@@H](OC(C)=O)[C@H](C)[C@H](O)[C@H](C)[C@@H](O)[C@@H](C)/C=C/C=C(/C)C(=O)N4)O6)CC2)C1. The first kappa shape index (κ1) is 60.7. The number of nitrogens with zero attached hydrogens (tertiary/aromatic N) is 5. The van der Waals surface area contributed by atoms with Gasteiger partial charge in [0.05, 0.1) is 76.7 Å². The molecule has 22 nitrogen and oxygen atoms in total. The van der Waals surface area contributed by atoms with Crippen LogP contribution >= 0.6 is 0 Å². The topological polar surface area (TPSA) is 292 Å². The summed E-state index contributed by atoms with van der Waals surface area (Å²) in [5, 5.41) is 78.6. The Balaban J connectivity index is 1.04. The van der Waals surface area contributed by atoms with Crippen molar-refractivity contribution in [1.82, 2.24) is 14.5 Å². The van der Waals surface area contributed by atoms with Crippen LogP contribution in [0.2, 0.25) is 0 Å². The van der Waals surface area contributed by atoms with Gasteiger partial charge < -0.3 is 69.1 Å². The summed E-state index contributed by atoms with van der Waals surface area (Å²) < 4.78 is 31.9. The molecule has 2 saturated heterocycles. The third kappa shape index (κ3) is 11.1. The van der Waals surface area contributed by atoms with Gasteiger partial charge in [-0.2, -0.15) is 5.10 Å². The summed E-state index contributed by atoms with van der Waals surface area (Å²) in [6.45, 7) is 19.7. The molecule has 3 aromatic carbocycles. The van der Waals surface area contributed by atoms with Crippen LogP contribution < -0.4 is 25.1 Å². The van der Waals surface area contributed by atoms with E-state index in [1.807, 2.05) is 4.57 Å². The number of Topliss-reactive ketones (excluding diaryl/α,β-unsaturated/α-hetero) is 1. The molecule has 84 heavy (non-hydrogen) atoms. The molecule has 1 aliphatic carbocycles. The van der Waals surface area contributed by atoms with Crippen LogP contribution in [-0.4, -0.2) is 165 Å². The fraction of sp³-hybridized carbons (Fsp3) is 0.484. The first-order valence-electron chi connectivity index (χ1n) is 28.4. The molecule has 1 saturated carbocycles. The van der Waals surface area contributed by atoms with Crippen LogP contribution in [0.3, 0.4) is 0 Å². The summed E-state index contributed by atoms with van der Waals surface area (Å²) in [5.41, 5.74) is 0.483. The smallest absolute Gasteiger partial charge is 0.341 e. The maximum absolute atomic E-state index is 14.8. The third-order valence-electron chi connectivity index (χ3n) is 17.5. The van der Waals surface area contributed by atoms with Crippen molar-refractivity contribution >= 4 is 69.0 Å². The number of aromatic hydroxyl groups is 3. The number of aliphatic hydroxyl groups excluding tert-OH is 2. The lowest BCUT2D eigenvalue weighted by Crippen LogP contribution is -2.49. The van der Waals surface area contributed by atoms with Crippen LogP contribution in [0.5, 0.6) is 28.7 Å². The van der Waals surface area contributed by atoms with E-state index >= 15 is 0 Å². The zero-order valence-electron chi connectivity index (χ0n) is 49.0. The Hall–Kier alpha value is -7.92. The summed E-state index contributed by atoms with van der Waals surface area (Å²) >= 11 is 0. The van der Waals surface area contributed by atoms with E-state index < -0.39 is 100 Å². The van der Waals surface area contributed by atoms with E-state index in [9.17, 15) is 54.6 Å². The number of ketones is 1. The van der Waals surface area contributed by atoms with Gasteiger partial charge in [-0.3, -0.25) is 29.1 Å². The maximum atomic E-state index is 14.8. The second kappa shape index (κ2) is 24.0. The van der Waals surface area contributed by atoms with Gasteiger partial charge in [0.1, 0.15) is 28.9 Å². The quantitative estimate of drug-likeness (QED) is 0.0364. The van der Waals surface area contributed by atoms with Crippen LogP contribution in [0.1, 0.15) is 111 Å². The molecule has 3 fully saturated rings. The molecule has 6 aliphatic rings. The van der Waals surface area contributed by atoms with Gasteiger partial charge in [0.25, 0.3) is 11.7 Å². The molecule has 1 unspecified atom stereocenters. The van der Waals surface area contributed by atoms with Crippen molar-refractivity contribution < 1.29 is 73.5 Å². The molecule has 4 aromatic rings. The highest BCUT2D eigenvalue weighted by Crippen LogP contribution is 2.55. The number of carboxylic acids is 1. The van der Waals surface area contributed by atoms with Crippen molar-refractivity contribution in [3.63, 3.8) is 0 Å². The number of methoxy groups -OCH3 is 2. The number of aromatic carboxylic acids is 1. The first-order chi connectivity index (χ1) is 39.9. The largest absolute Gasteiger partial charge is 0.507 e. The van der Waals surface area contributed by atoms with Crippen LogP contribution in [0, 0.1) is 30.6 Å². The number of phenolic OH excluding ortho intramolecular Hbond substituents is 3. The van der Waals surface area contributed by atoms with Crippen molar-refractivity contribution in [1.29, 1.82) is 0 Å². The van der Waals surface area contributed by atoms with Gasteiger partial charge in [0.15, 0.2) is 11.5 Å². The number of fused-ring (bicyclic) bond motifs is 15. The van der Waals surface area contributed by atoms with Crippen LogP contribution in [0.4, 0.5) is 11.4 Å². The van der Waals surface area contributed by atoms with Crippen LogP contribution in [-0.2, 0) is 23.8 Å². The van der Waals surface area contributed by atoms with Gasteiger partial charge in [-0.15, -0.1) is 0 Å². The summed E-state index contributed by atoms with van der Waals surface area (Å²) in [4.78, 5) is 71.8. The number of aromatic nitrogens is 1. The number of esters is 1. The number of hydrogen-bond donors (Lipinski definition) is 7. The average Bonchev–Trinajstić information content (AvgIpc) is 1.49. The lowest BCUT2D eigenvalue weighted by molar-refractivity contribution is -0.160. The molecule has 6 heterocycles. The Morgan fingerprint density at radius 2 is 1.60 bits per heavy atom.